The number of H-pyrrole nitrogens is 1. The number of nitrogens with two attached hydrogens (primary N) is 1. The maximum absolute atomic E-state index is 12.7. The average Bonchev–Trinajstić information content (AvgIpc) is 3.29. The lowest BCUT2D eigenvalue weighted by Gasteiger charge is -2.21. The van der Waals surface area contributed by atoms with Gasteiger partial charge in [-0.1, -0.05) is 36.4 Å². The Bertz CT molecular complexity index is 1270. The van der Waals surface area contributed by atoms with Gasteiger partial charge in [-0.3, -0.25) is 4.79 Å². The van der Waals surface area contributed by atoms with Crippen LogP contribution in [-0.2, 0) is 4.79 Å². The number of hydrogen-bond donors (Lipinski definition) is 3. The minimum atomic E-state index is -0.722. The minimum absolute atomic E-state index is 0.111. The summed E-state index contributed by atoms with van der Waals surface area (Å²) in [4.78, 5) is 22.3. The fourth-order valence-electron chi connectivity index (χ4n) is 3.93. The van der Waals surface area contributed by atoms with Gasteiger partial charge in [-0.25, -0.2) is 4.98 Å². The number of benzene rings is 2. The highest BCUT2D eigenvalue weighted by molar-refractivity contribution is 5.97. The Hall–Kier alpha value is -3.68. The molecule has 2 aromatic carbocycles. The smallest absolute Gasteiger partial charge is 0.243 e. The summed E-state index contributed by atoms with van der Waals surface area (Å²) in [6.45, 7) is 1.31. The number of likely N-dealkylation sites (N-methyl/N-ethyl adjacent to an activating group) is 2. The van der Waals surface area contributed by atoms with E-state index in [4.69, 9.17) is 10.5 Å². The molecule has 1 atom stereocenters. The SMILES string of the molecule is CNCCN(C)C(=O)C(N)c1cccc(-c2cnc3[nH]cc(-c4ccccc4OC)c3c2)c1. The molecule has 2 heterocycles. The first-order chi connectivity index (χ1) is 16.0. The topological polar surface area (TPSA) is 96.3 Å². The third-order valence-electron chi connectivity index (χ3n) is 5.85. The zero-order valence-corrected chi connectivity index (χ0v) is 19.1. The van der Waals surface area contributed by atoms with Gasteiger partial charge in [0.15, 0.2) is 0 Å². The Labute approximate surface area is 193 Å². The summed E-state index contributed by atoms with van der Waals surface area (Å²) < 4.78 is 5.55. The molecule has 170 valence electrons. The number of carbonyl (C=O) groups excluding carboxylic acids is 1. The van der Waals surface area contributed by atoms with Crippen molar-refractivity contribution < 1.29 is 9.53 Å². The normalized spacial score (nSPS) is 12.0. The Balaban J connectivity index is 1.68. The van der Waals surface area contributed by atoms with Gasteiger partial charge in [0, 0.05) is 54.6 Å². The monoisotopic (exact) mass is 443 g/mol. The van der Waals surface area contributed by atoms with E-state index < -0.39 is 6.04 Å². The number of para-hydroxylation sites is 1. The quantitative estimate of drug-likeness (QED) is 0.387. The van der Waals surface area contributed by atoms with Gasteiger partial charge in [0.2, 0.25) is 5.91 Å². The maximum Gasteiger partial charge on any atom is 0.243 e. The van der Waals surface area contributed by atoms with Crippen LogP contribution in [0.4, 0.5) is 0 Å². The van der Waals surface area contributed by atoms with Gasteiger partial charge in [0.05, 0.1) is 7.11 Å². The highest BCUT2D eigenvalue weighted by atomic mass is 16.5. The van der Waals surface area contributed by atoms with Crippen LogP contribution in [0.15, 0.2) is 67.0 Å². The molecule has 2 aromatic heterocycles. The number of nitrogens with zero attached hydrogens (tertiary/aromatic N) is 2. The van der Waals surface area contributed by atoms with Crippen LogP contribution in [0.25, 0.3) is 33.3 Å². The van der Waals surface area contributed by atoms with Crippen molar-refractivity contribution in [1.82, 2.24) is 20.2 Å². The number of methoxy groups -OCH3 is 1. The van der Waals surface area contributed by atoms with E-state index >= 15 is 0 Å². The van der Waals surface area contributed by atoms with E-state index in [1.54, 1.807) is 19.1 Å². The fraction of sp³-hybridized carbons (Fsp3) is 0.231. The van der Waals surface area contributed by atoms with Crippen molar-refractivity contribution in [1.29, 1.82) is 0 Å². The molecule has 0 aliphatic rings. The molecule has 4 rings (SSSR count). The second-order valence-electron chi connectivity index (χ2n) is 7.99. The molecule has 0 radical (unpaired) electrons. The maximum atomic E-state index is 12.7. The first kappa shape index (κ1) is 22.5. The van der Waals surface area contributed by atoms with Crippen LogP contribution < -0.4 is 15.8 Å². The highest BCUT2D eigenvalue weighted by Crippen LogP contribution is 2.36. The summed E-state index contributed by atoms with van der Waals surface area (Å²) in [5.74, 6) is 0.692. The van der Waals surface area contributed by atoms with Crippen LogP contribution in [0.5, 0.6) is 5.75 Å². The molecule has 4 N–H and O–H groups in total. The summed E-state index contributed by atoms with van der Waals surface area (Å²) in [7, 11) is 5.30. The third kappa shape index (κ3) is 4.60. The number of ether oxygens (including phenoxy) is 1. The number of aromatic amines is 1. The van der Waals surface area contributed by atoms with Gasteiger partial charge < -0.3 is 25.7 Å². The Morgan fingerprint density at radius 3 is 2.76 bits per heavy atom. The van der Waals surface area contributed by atoms with Crippen molar-refractivity contribution in [3.63, 3.8) is 0 Å². The third-order valence-corrected chi connectivity index (χ3v) is 5.85. The van der Waals surface area contributed by atoms with E-state index in [1.165, 1.54) is 0 Å². The number of fused-ring (bicyclic) bond motifs is 1. The molecule has 4 aromatic rings. The number of pyridine rings is 1. The van der Waals surface area contributed by atoms with Crippen molar-refractivity contribution in [3.05, 3.63) is 72.6 Å². The van der Waals surface area contributed by atoms with E-state index in [2.05, 4.69) is 21.4 Å². The van der Waals surface area contributed by atoms with Crippen molar-refractivity contribution in [2.75, 3.05) is 34.3 Å². The summed E-state index contributed by atoms with van der Waals surface area (Å²) in [6.07, 6.45) is 3.78. The van der Waals surface area contributed by atoms with Crippen LogP contribution in [0.1, 0.15) is 11.6 Å². The molecule has 0 saturated heterocycles. The second kappa shape index (κ2) is 9.85. The number of rotatable bonds is 8. The van der Waals surface area contributed by atoms with Crippen LogP contribution in [0, 0.1) is 0 Å². The fourth-order valence-corrected chi connectivity index (χ4v) is 3.93. The molecule has 1 amide bonds. The number of hydrogen-bond acceptors (Lipinski definition) is 5. The second-order valence-corrected chi connectivity index (χ2v) is 7.99. The van der Waals surface area contributed by atoms with E-state index in [0.717, 1.165) is 44.6 Å². The molecule has 33 heavy (non-hydrogen) atoms. The van der Waals surface area contributed by atoms with Crippen molar-refractivity contribution in [2.45, 2.75) is 6.04 Å². The van der Waals surface area contributed by atoms with Crippen LogP contribution >= 0.6 is 0 Å². The predicted molar refractivity (Wildman–Crippen MR) is 132 cm³/mol. The number of aromatic nitrogens is 2. The predicted octanol–water partition coefficient (Wildman–Crippen LogP) is 3.58. The lowest BCUT2D eigenvalue weighted by atomic mass is 9.98. The van der Waals surface area contributed by atoms with Crippen LogP contribution in [0.2, 0.25) is 0 Å². The summed E-state index contributed by atoms with van der Waals surface area (Å²) in [6, 6.07) is 17.1. The Morgan fingerprint density at radius 2 is 1.97 bits per heavy atom. The van der Waals surface area contributed by atoms with E-state index in [1.807, 2.05) is 68.0 Å². The first-order valence-electron chi connectivity index (χ1n) is 10.9. The number of nitrogens with one attached hydrogen (secondary N) is 2. The highest BCUT2D eigenvalue weighted by Gasteiger charge is 2.20. The van der Waals surface area contributed by atoms with Crippen LogP contribution in [-0.4, -0.2) is 55.1 Å². The molecule has 7 nitrogen and oxygen atoms in total. The molecule has 0 spiro atoms. The van der Waals surface area contributed by atoms with Crippen molar-refractivity contribution in [2.24, 2.45) is 5.73 Å². The molecule has 0 aliphatic carbocycles. The van der Waals surface area contributed by atoms with Gasteiger partial charge in [0.25, 0.3) is 0 Å². The largest absolute Gasteiger partial charge is 0.496 e. The average molecular weight is 444 g/mol. The van der Waals surface area contributed by atoms with E-state index in [9.17, 15) is 4.79 Å². The molecule has 0 saturated carbocycles. The molecule has 1 unspecified atom stereocenters. The standard InChI is InChI=1S/C26H29N5O2/c1-28-11-12-31(2)26(32)24(27)18-8-6-7-17(13-18)19-14-21-22(16-30-25(21)29-15-19)20-9-4-5-10-23(20)33-3/h4-10,13-16,24,28H,11-12,27H2,1-3H3,(H,29,30). The lowest BCUT2D eigenvalue weighted by molar-refractivity contribution is -0.131. The summed E-state index contributed by atoms with van der Waals surface area (Å²) in [5, 5.41) is 4.04. The van der Waals surface area contributed by atoms with E-state index in [0.29, 0.717) is 13.1 Å². The molecule has 0 bridgehead atoms. The Kier molecular flexibility index (Phi) is 6.72. The number of carbonyl (C=O) groups is 1. The Morgan fingerprint density at radius 1 is 1.15 bits per heavy atom. The first-order valence-corrected chi connectivity index (χ1v) is 10.9. The van der Waals surface area contributed by atoms with Gasteiger partial charge in [-0.15, -0.1) is 0 Å². The van der Waals surface area contributed by atoms with Gasteiger partial charge >= 0.3 is 0 Å². The van der Waals surface area contributed by atoms with Gasteiger partial charge in [0.1, 0.15) is 17.4 Å². The molecule has 0 fully saturated rings. The molecule has 7 heteroatoms. The zero-order valence-electron chi connectivity index (χ0n) is 19.1. The van der Waals surface area contributed by atoms with Crippen molar-refractivity contribution >= 4 is 16.9 Å². The summed E-state index contributed by atoms with van der Waals surface area (Å²) >= 11 is 0. The summed E-state index contributed by atoms with van der Waals surface area (Å²) in [5.41, 5.74) is 11.8. The molecule has 0 aliphatic heterocycles. The van der Waals surface area contributed by atoms with Crippen LogP contribution in [0.3, 0.4) is 0 Å². The number of amides is 1. The van der Waals surface area contributed by atoms with Gasteiger partial charge in [-0.05, 0) is 36.4 Å². The van der Waals surface area contributed by atoms with E-state index in [-0.39, 0.29) is 5.91 Å². The van der Waals surface area contributed by atoms with Crippen molar-refractivity contribution in [3.8, 4) is 28.0 Å². The minimum Gasteiger partial charge on any atom is -0.496 e. The molecular weight excluding hydrogens is 414 g/mol. The van der Waals surface area contributed by atoms with Gasteiger partial charge in [-0.2, -0.15) is 0 Å². The molecular formula is C26H29N5O2. The lowest BCUT2D eigenvalue weighted by Crippen LogP contribution is -2.39. The zero-order chi connectivity index (χ0) is 23.4.